The smallest absolute Gasteiger partial charge is 0.0380 e. The summed E-state index contributed by atoms with van der Waals surface area (Å²) in [6.07, 6.45) is 1.25. The fourth-order valence-electron chi connectivity index (χ4n) is 2.21. The van der Waals surface area contributed by atoms with Crippen LogP contribution in [0.5, 0.6) is 0 Å². The third-order valence-electron chi connectivity index (χ3n) is 2.85. The van der Waals surface area contributed by atoms with Crippen LogP contribution in [0, 0.1) is 6.92 Å². The van der Waals surface area contributed by atoms with Gasteiger partial charge in [0.05, 0.1) is 0 Å². The molecule has 0 saturated carbocycles. The normalized spacial score (nSPS) is 26.4. The lowest BCUT2D eigenvalue weighted by Gasteiger charge is -2.29. The van der Waals surface area contributed by atoms with Crippen molar-refractivity contribution >= 4 is 5.69 Å². The van der Waals surface area contributed by atoms with Gasteiger partial charge in [0, 0.05) is 11.7 Å². The van der Waals surface area contributed by atoms with Gasteiger partial charge in [-0.1, -0.05) is 19.1 Å². The Morgan fingerprint density at radius 1 is 1.31 bits per heavy atom. The van der Waals surface area contributed by atoms with Gasteiger partial charge in [-0.3, -0.25) is 0 Å². The number of hydrogen-bond donors (Lipinski definition) is 1. The number of benzene rings is 1. The van der Waals surface area contributed by atoms with Crippen LogP contribution in [-0.4, -0.2) is 6.04 Å². The molecule has 13 heavy (non-hydrogen) atoms. The van der Waals surface area contributed by atoms with Gasteiger partial charge in [0.25, 0.3) is 0 Å². The molecule has 2 unspecified atom stereocenters. The molecule has 1 aliphatic rings. The molecule has 1 aliphatic heterocycles. The summed E-state index contributed by atoms with van der Waals surface area (Å²) >= 11 is 0. The molecule has 1 heteroatoms. The number of anilines is 1. The minimum Gasteiger partial charge on any atom is -0.382 e. The summed E-state index contributed by atoms with van der Waals surface area (Å²) in [6, 6.07) is 7.33. The average molecular weight is 175 g/mol. The van der Waals surface area contributed by atoms with Gasteiger partial charge in [-0.2, -0.15) is 0 Å². The molecule has 1 aromatic rings. The number of aryl methyl sites for hydroxylation is 1. The molecular formula is C12H17N. The van der Waals surface area contributed by atoms with E-state index in [1.807, 2.05) is 0 Å². The second kappa shape index (κ2) is 3.06. The molecule has 0 radical (unpaired) electrons. The maximum atomic E-state index is 3.53. The van der Waals surface area contributed by atoms with Crippen molar-refractivity contribution < 1.29 is 0 Å². The Hall–Kier alpha value is -0.980. The Morgan fingerprint density at radius 3 is 2.85 bits per heavy atom. The van der Waals surface area contributed by atoms with Crippen LogP contribution in [-0.2, 0) is 0 Å². The first kappa shape index (κ1) is 8.61. The number of nitrogens with one attached hydrogen (secondary N) is 1. The van der Waals surface area contributed by atoms with E-state index in [0.717, 1.165) is 0 Å². The van der Waals surface area contributed by atoms with Crippen molar-refractivity contribution in [2.45, 2.75) is 39.2 Å². The third-order valence-corrected chi connectivity index (χ3v) is 2.85. The average Bonchev–Trinajstić information content (AvgIpc) is 2.02. The number of hydrogen-bond acceptors (Lipinski definition) is 1. The molecule has 1 heterocycles. The molecule has 1 nitrogen and oxygen atoms in total. The van der Waals surface area contributed by atoms with Crippen molar-refractivity contribution in [1.29, 1.82) is 0 Å². The predicted molar refractivity (Wildman–Crippen MR) is 57.3 cm³/mol. The monoisotopic (exact) mass is 175 g/mol. The van der Waals surface area contributed by atoms with E-state index in [2.05, 4.69) is 44.3 Å². The van der Waals surface area contributed by atoms with E-state index in [1.165, 1.54) is 23.2 Å². The first-order valence-electron chi connectivity index (χ1n) is 5.04. The molecule has 0 bridgehead atoms. The Balaban J connectivity index is 2.43. The topological polar surface area (TPSA) is 12.0 Å². The Labute approximate surface area is 80.2 Å². The second-order valence-corrected chi connectivity index (χ2v) is 4.27. The molecule has 0 aromatic heterocycles. The zero-order valence-corrected chi connectivity index (χ0v) is 8.59. The quantitative estimate of drug-likeness (QED) is 0.638. The fourth-order valence-corrected chi connectivity index (χ4v) is 2.21. The Morgan fingerprint density at radius 2 is 2.08 bits per heavy atom. The van der Waals surface area contributed by atoms with Crippen LogP contribution in [0.2, 0.25) is 0 Å². The van der Waals surface area contributed by atoms with Gasteiger partial charge in [-0.25, -0.2) is 0 Å². The Kier molecular flexibility index (Phi) is 2.03. The van der Waals surface area contributed by atoms with Gasteiger partial charge in [-0.05, 0) is 43.4 Å². The van der Waals surface area contributed by atoms with E-state index in [4.69, 9.17) is 0 Å². The summed E-state index contributed by atoms with van der Waals surface area (Å²) in [5, 5.41) is 3.53. The van der Waals surface area contributed by atoms with Crippen LogP contribution in [0.25, 0.3) is 0 Å². The molecule has 0 fully saturated rings. The molecule has 70 valence electrons. The molecule has 2 rings (SSSR count). The lowest BCUT2D eigenvalue weighted by Crippen LogP contribution is -2.24. The Bertz CT molecular complexity index is 317. The minimum absolute atomic E-state index is 0.615. The lowest BCUT2D eigenvalue weighted by molar-refractivity contribution is 0.590. The van der Waals surface area contributed by atoms with Crippen LogP contribution in [0.15, 0.2) is 18.2 Å². The predicted octanol–water partition coefficient (Wildman–Crippen LogP) is 3.30. The van der Waals surface area contributed by atoms with Crippen LogP contribution in [0.1, 0.15) is 37.3 Å². The molecular weight excluding hydrogens is 158 g/mol. The lowest BCUT2D eigenvalue weighted by atomic mass is 9.88. The highest BCUT2D eigenvalue weighted by atomic mass is 14.9. The van der Waals surface area contributed by atoms with Crippen molar-refractivity contribution in [3.05, 3.63) is 29.3 Å². The minimum atomic E-state index is 0.615. The van der Waals surface area contributed by atoms with Crippen molar-refractivity contribution in [2.24, 2.45) is 0 Å². The molecule has 1 aromatic carbocycles. The van der Waals surface area contributed by atoms with Gasteiger partial charge in [-0.15, -0.1) is 0 Å². The van der Waals surface area contributed by atoms with E-state index >= 15 is 0 Å². The fraction of sp³-hybridized carbons (Fsp3) is 0.500. The molecule has 0 amide bonds. The van der Waals surface area contributed by atoms with Crippen LogP contribution in [0.4, 0.5) is 5.69 Å². The standard InChI is InChI=1S/C12H17N/c1-8-4-5-11-9(2)7-10(3)13-12(11)6-8/h4-6,9-10,13H,7H2,1-3H3. The highest BCUT2D eigenvalue weighted by Gasteiger charge is 2.19. The summed E-state index contributed by atoms with van der Waals surface area (Å²) in [5.74, 6) is 0.701. The van der Waals surface area contributed by atoms with Gasteiger partial charge < -0.3 is 5.32 Å². The van der Waals surface area contributed by atoms with E-state index in [9.17, 15) is 0 Å². The van der Waals surface area contributed by atoms with Gasteiger partial charge in [0.1, 0.15) is 0 Å². The summed E-state index contributed by atoms with van der Waals surface area (Å²) < 4.78 is 0. The zero-order valence-electron chi connectivity index (χ0n) is 8.59. The largest absolute Gasteiger partial charge is 0.382 e. The summed E-state index contributed by atoms with van der Waals surface area (Å²) in [6.45, 7) is 6.71. The van der Waals surface area contributed by atoms with Crippen LogP contribution < -0.4 is 5.32 Å². The number of fused-ring (bicyclic) bond motifs is 1. The van der Waals surface area contributed by atoms with Gasteiger partial charge in [0.15, 0.2) is 0 Å². The maximum Gasteiger partial charge on any atom is 0.0380 e. The van der Waals surface area contributed by atoms with Crippen molar-refractivity contribution in [3.63, 3.8) is 0 Å². The van der Waals surface area contributed by atoms with Crippen LogP contribution in [0.3, 0.4) is 0 Å². The highest BCUT2D eigenvalue weighted by Crippen LogP contribution is 2.34. The van der Waals surface area contributed by atoms with Crippen molar-refractivity contribution in [1.82, 2.24) is 0 Å². The van der Waals surface area contributed by atoms with Crippen molar-refractivity contribution in [3.8, 4) is 0 Å². The summed E-state index contributed by atoms with van der Waals surface area (Å²) in [5.41, 5.74) is 4.16. The maximum absolute atomic E-state index is 3.53. The molecule has 1 N–H and O–H groups in total. The summed E-state index contributed by atoms with van der Waals surface area (Å²) in [4.78, 5) is 0. The van der Waals surface area contributed by atoms with E-state index in [0.29, 0.717) is 12.0 Å². The molecule has 0 spiro atoms. The van der Waals surface area contributed by atoms with E-state index in [1.54, 1.807) is 0 Å². The van der Waals surface area contributed by atoms with Crippen molar-refractivity contribution in [2.75, 3.05) is 5.32 Å². The van der Waals surface area contributed by atoms with Gasteiger partial charge >= 0.3 is 0 Å². The van der Waals surface area contributed by atoms with E-state index in [-0.39, 0.29) is 0 Å². The highest BCUT2D eigenvalue weighted by molar-refractivity contribution is 5.57. The SMILES string of the molecule is Cc1ccc2c(c1)NC(C)CC2C. The van der Waals surface area contributed by atoms with Gasteiger partial charge in [0.2, 0.25) is 0 Å². The first-order chi connectivity index (χ1) is 6.16. The zero-order chi connectivity index (χ0) is 9.42. The molecule has 2 atom stereocenters. The second-order valence-electron chi connectivity index (χ2n) is 4.27. The van der Waals surface area contributed by atoms with E-state index < -0.39 is 0 Å². The third kappa shape index (κ3) is 1.55. The number of rotatable bonds is 0. The molecule has 0 saturated heterocycles. The summed E-state index contributed by atoms with van der Waals surface area (Å²) in [7, 11) is 0. The molecule has 0 aliphatic carbocycles. The first-order valence-corrected chi connectivity index (χ1v) is 5.04. The van der Waals surface area contributed by atoms with Crippen LogP contribution >= 0.6 is 0 Å².